The van der Waals surface area contributed by atoms with E-state index in [0.29, 0.717) is 18.8 Å². The van der Waals surface area contributed by atoms with Gasteiger partial charge in [0.15, 0.2) is 6.79 Å². The molecule has 26 heavy (non-hydrogen) atoms. The number of rotatable bonds is 2. The zero-order chi connectivity index (χ0) is 18.1. The summed E-state index contributed by atoms with van der Waals surface area (Å²) in [6.07, 6.45) is -0.124. The van der Waals surface area contributed by atoms with Crippen molar-refractivity contribution in [3.63, 3.8) is 0 Å². The van der Waals surface area contributed by atoms with Gasteiger partial charge in [0.25, 0.3) is 5.91 Å². The third-order valence-corrected chi connectivity index (χ3v) is 5.09. The summed E-state index contributed by atoms with van der Waals surface area (Å²) in [7, 11) is 0. The third-order valence-electron chi connectivity index (χ3n) is 5.09. The van der Waals surface area contributed by atoms with Gasteiger partial charge in [0, 0.05) is 11.1 Å². The zero-order valence-corrected chi connectivity index (χ0v) is 15.1. The Morgan fingerprint density at radius 1 is 1.12 bits per heavy atom. The van der Waals surface area contributed by atoms with Gasteiger partial charge in [-0.3, -0.25) is 4.79 Å². The molecule has 0 radical (unpaired) electrons. The number of morpholine rings is 1. The first-order valence-corrected chi connectivity index (χ1v) is 8.98. The number of hydrogen-bond acceptors (Lipinski definition) is 4. The van der Waals surface area contributed by atoms with Gasteiger partial charge in [-0.2, -0.15) is 0 Å². The normalized spacial score (nSPS) is 25.3. The lowest BCUT2D eigenvalue weighted by Gasteiger charge is -2.44. The summed E-state index contributed by atoms with van der Waals surface area (Å²) in [6, 6.07) is 15.6. The average Bonchev–Trinajstić information content (AvgIpc) is 2.68. The SMILES string of the molecule is C[C@@H]1CO[C@H](c2ccccc2)[C@H](C)N1C(=O)c1ccc2c(c1)COCO2. The largest absolute Gasteiger partial charge is 0.467 e. The van der Waals surface area contributed by atoms with E-state index in [4.69, 9.17) is 14.2 Å². The van der Waals surface area contributed by atoms with E-state index in [9.17, 15) is 4.79 Å². The van der Waals surface area contributed by atoms with E-state index in [1.165, 1.54) is 0 Å². The fourth-order valence-corrected chi connectivity index (χ4v) is 3.78. The van der Waals surface area contributed by atoms with E-state index in [0.717, 1.165) is 16.9 Å². The molecule has 3 atom stereocenters. The fourth-order valence-electron chi connectivity index (χ4n) is 3.78. The summed E-state index contributed by atoms with van der Waals surface area (Å²) in [5.74, 6) is 0.806. The molecule has 2 heterocycles. The molecule has 2 aliphatic heterocycles. The first-order chi connectivity index (χ1) is 12.6. The molecule has 5 heteroatoms. The van der Waals surface area contributed by atoms with Crippen LogP contribution in [0.4, 0.5) is 0 Å². The Labute approximate surface area is 153 Å². The van der Waals surface area contributed by atoms with Gasteiger partial charge in [-0.1, -0.05) is 30.3 Å². The number of benzene rings is 2. The molecule has 2 aromatic rings. The van der Waals surface area contributed by atoms with Crippen LogP contribution in [-0.2, 0) is 16.1 Å². The maximum atomic E-state index is 13.3. The standard InChI is InChI=1S/C21H23NO4/c1-14-11-25-20(16-6-4-3-5-7-16)15(2)22(14)21(23)17-8-9-19-18(10-17)12-24-13-26-19/h3-10,14-15,20H,11-13H2,1-2H3/t14-,15+,20+/m1/s1. The summed E-state index contributed by atoms with van der Waals surface area (Å²) in [5, 5.41) is 0. The van der Waals surface area contributed by atoms with Crippen LogP contribution >= 0.6 is 0 Å². The van der Waals surface area contributed by atoms with Crippen LogP contribution in [0.1, 0.15) is 41.4 Å². The number of amides is 1. The van der Waals surface area contributed by atoms with Crippen LogP contribution in [0.15, 0.2) is 48.5 Å². The lowest BCUT2D eigenvalue weighted by molar-refractivity contribution is -0.0806. The molecule has 0 unspecified atom stereocenters. The molecule has 5 nitrogen and oxygen atoms in total. The first kappa shape index (κ1) is 17.1. The number of fused-ring (bicyclic) bond motifs is 1. The minimum Gasteiger partial charge on any atom is -0.467 e. The van der Waals surface area contributed by atoms with Gasteiger partial charge in [-0.05, 0) is 37.6 Å². The van der Waals surface area contributed by atoms with Gasteiger partial charge >= 0.3 is 0 Å². The summed E-state index contributed by atoms with van der Waals surface area (Å²) in [6.45, 7) is 5.33. The highest BCUT2D eigenvalue weighted by Crippen LogP contribution is 2.33. The highest BCUT2D eigenvalue weighted by Gasteiger charge is 2.37. The molecule has 136 valence electrons. The van der Waals surface area contributed by atoms with Crippen molar-refractivity contribution in [2.45, 2.75) is 38.6 Å². The molecular weight excluding hydrogens is 330 g/mol. The van der Waals surface area contributed by atoms with Crippen LogP contribution in [-0.4, -0.2) is 36.3 Å². The number of nitrogens with zero attached hydrogens (tertiary/aromatic N) is 1. The van der Waals surface area contributed by atoms with Gasteiger partial charge in [-0.25, -0.2) is 0 Å². The Hall–Kier alpha value is -2.37. The molecule has 1 saturated heterocycles. The Kier molecular flexibility index (Phi) is 4.66. The van der Waals surface area contributed by atoms with Crippen LogP contribution in [0.5, 0.6) is 5.75 Å². The fraction of sp³-hybridized carbons (Fsp3) is 0.381. The molecule has 0 N–H and O–H groups in total. The Balaban J connectivity index is 1.61. The van der Waals surface area contributed by atoms with Crippen molar-refractivity contribution in [1.82, 2.24) is 4.90 Å². The van der Waals surface area contributed by atoms with E-state index in [2.05, 4.69) is 6.92 Å². The van der Waals surface area contributed by atoms with Gasteiger partial charge in [0.2, 0.25) is 0 Å². The Bertz CT molecular complexity index is 792. The van der Waals surface area contributed by atoms with E-state index >= 15 is 0 Å². The number of carbonyl (C=O) groups is 1. The van der Waals surface area contributed by atoms with Crippen molar-refractivity contribution in [3.05, 3.63) is 65.2 Å². The lowest BCUT2D eigenvalue weighted by atomic mass is 9.97. The number of ether oxygens (including phenoxy) is 3. The van der Waals surface area contributed by atoms with Crippen molar-refractivity contribution >= 4 is 5.91 Å². The molecule has 0 bridgehead atoms. The number of hydrogen-bond donors (Lipinski definition) is 0. The second-order valence-corrected chi connectivity index (χ2v) is 6.90. The smallest absolute Gasteiger partial charge is 0.254 e. The van der Waals surface area contributed by atoms with Crippen molar-refractivity contribution in [1.29, 1.82) is 0 Å². The lowest BCUT2D eigenvalue weighted by Crippen LogP contribution is -2.53. The molecule has 2 aromatic carbocycles. The summed E-state index contributed by atoms with van der Waals surface area (Å²) >= 11 is 0. The maximum absolute atomic E-state index is 13.3. The van der Waals surface area contributed by atoms with Crippen molar-refractivity contribution in [3.8, 4) is 5.75 Å². The molecule has 4 rings (SSSR count). The third kappa shape index (κ3) is 3.08. The monoisotopic (exact) mass is 353 g/mol. The van der Waals surface area contributed by atoms with Gasteiger partial charge < -0.3 is 19.1 Å². The van der Waals surface area contributed by atoms with Gasteiger partial charge in [-0.15, -0.1) is 0 Å². The molecule has 1 fully saturated rings. The predicted molar refractivity (Wildman–Crippen MR) is 97.0 cm³/mol. The highest BCUT2D eigenvalue weighted by molar-refractivity contribution is 5.95. The second-order valence-electron chi connectivity index (χ2n) is 6.90. The summed E-state index contributed by atoms with van der Waals surface area (Å²) in [5.41, 5.74) is 2.66. The quantitative estimate of drug-likeness (QED) is 0.828. The molecule has 0 aromatic heterocycles. The summed E-state index contributed by atoms with van der Waals surface area (Å²) in [4.78, 5) is 15.2. The van der Waals surface area contributed by atoms with Crippen LogP contribution in [0, 0.1) is 0 Å². The second kappa shape index (κ2) is 7.09. The molecule has 1 amide bonds. The van der Waals surface area contributed by atoms with Crippen molar-refractivity contribution in [2.24, 2.45) is 0 Å². The molecular formula is C21H23NO4. The minimum absolute atomic E-state index is 0.0148. The maximum Gasteiger partial charge on any atom is 0.254 e. The van der Waals surface area contributed by atoms with E-state index in [1.54, 1.807) is 0 Å². The average molecular weight is 353 g/mol. The highest BCUT2D eigenvalue weighted by atomic mass is 16.7. The van der Waals surface area contributed by atoms with Crippen molar-refractivity contribution < 1.29 is 19.0 Å². The van der Waals surface area contributed by atoms with Crippen LogP contribution < -0.4 is 4.74 Å². The van der Waals surface area contributed by atoms with Crippen LogP contribution in [0.25, 0.3) is 0 Å². The van der Waals surface area contributed by atoms with Gasteiger partial charge in [0.1, 0.15) is 11.9 Å². The first-order valence-electron chi connectivity index (χ1n) is 8.98. The van der Waals surface area contributed by atoms with Gasteiger partial charge in [0.05, 0.1) is 25.3 Å². The molecule has 0 spiro atoms. The van der Waals surface area contributed by atoms with Crippen molar-refractivity contribution in [2.75, 3.05) is 13.4 Å². The predicted octanol–water partition coefficient (Wildman–Crippen LogP) is 3.54. The van der Waals surface area contributed by atoms with E-state index in [1.807, 2.05) is 60.4 Å². The van der Waals surface area contributed by atoms with E-state index in [-0.39, 0.29) is 30.9 Å². The zero-order valence-electron chi connectivity index (χ0n) is 15.1. The molecule has 0 aliphatic carbocycles. The van der Waals surface area contributed by atoms with Crippen LogP contribution in [0.2, 0.25) is 0 Å². The number of carbonyl (C=O) groups excluding carboxylic acids is 1. The molecule has 0 saturated carbocycles. The Morgan fingerprint density at radius 2 is 1.92 bits per heavy atom. The summed E-state index contributed by atoms with van der Waals surface area (Å²) < 4.78 is 16.8. The van der Waals surface area contributed by atoms with E-state index < -0.39 is 0 Å². The molecule has 2 aliphatic rings. The topological polar surface area (TPSA) is 48.0 Å². The van der Waals surface area contributed by atoms with Crippen LogP contribution in [0.3, 0.4) is 0 Å². The Morgan fingerprint density at radius 3 is 2.73 bits per heavy atom. The minimum atomic E-state index is -0.124.